The van der Waals surface area contributed by atoms with Gasteiger partial charge >= 0.3 is 0 Å². The Hall–Kier alpha value is -3.25. The summed E-state index contributed by atoms with van der Waals surface area (Å²) in [4.78, 5) is 18.9. The predicted molar refractivity (Wildman–Crippen MR) is 100 cm³/mol. The normalized spacial score (nSPS) is 11.3. The fourth-order valence-electron chi connectivity index (χ4n) is 2.99. The van der Waals surface area contributed by atoms with Gasteiger partial charge in [-0.25, -0.2) is 9.67 Å². The van der Waals surface area contributed by atoms with E-state index in [1.54, 1.807) is 16.7 Å². The number of rotatable bonds is 5. The molecule has 130 valence electrons. The smallest absolute Gasteiger partial charge is 0.258 e. The standard InChI is InChI=1S/C20H19N5O/c1-23(13-16-12-21-25(14-16)18-7-3-2-4-8-18)15-17-11-20(26)24-10-6-5-9-19(24)22-17/h2-12,14H,13,15H2,1H3. The monoisotopic (exact) mass is 345 g/mol. The molecule has 0 saturated heterocycles. The third kappa shape index (κ3) is 3.41. The van der Waals surface area contributed by atoms with Crippen molar-refractivity contribution in [1.82, 2.24) is 24.1 Å². The van der Waals surface area contributed by atoms with Gasteiger partial charge in [0, 0.05) is 37.1 Å². The van der Waals surface area contributed by atoms with E-state index in [1.807, 2.05) is 72.7 Å². The van der Waals surface area contributed by atoms with Gasteiger partial charge in [-0.15, -0.1) is 0 Å². The number of fused-ring (bicyclic) bond motifs is 1. The van der Waals surface area contributed by atoms with Crippen LogP contribution in [0.15, 0.2) is 78.0 Å². The summed E-state index contributed by atoms with van der Waals surface area (Å²) in [5, 5.41) is 4.42. The molecule has 0 amide bonds. The minimum Gasteiger partial charge on any atom is -0.296 e. The van der Waals surface area contributed by atoms with Crippen LogP contribution in [0.1, 0.15) is 11.3 Å². The summed E-state index contributed by atoms with van der Waals surface area (Å²) in [6.07, 6.45) is 5.62. The first-order valence-electron chi connectivity index (χ1n) is 8.44. The lowest BCUT2D eigenvalue weighted by Gasteiger charge is -2.15. The average molecular weight is 345 g/mol. The molecule has 0 N–H and O–H groups in total. The summed E-state index contributed by atoms with van der Waals surface area (Å²) in [6, 6.07) is 17.2. The van der Waals surface area contributed by atoms with E-state index in [0.717, 1.165) is 23.5 Å². The summed E-state index contributed by atoms with van der Waals surface area (Å²) in [7, 11) is 2.01. The Morgan fingerprint density at radius 3 is 2.69 bits per heavy atom. The molecule has 4 aromatic rings. The van der Waals surface area contributed by atoms with Gasteiger partial charge in [0.1, 0.15) is 5.65 Å². The van der Waals surface area contributed by atoms with Crippen LogP contribution in [-0.2, 0) is 13.1 Å². The van der Waals surface area contributed by atoms with Gasteiger partial charge in [0.25, 0.3) is 5.56 Å². The van der Waals surface area contributed by atoms with Gasteiger partial charge in [-0.2, -0.15) is 5.10 Å². The van der Waals surface area contributed by atoms with Crippen LogP contribution >= 0.6 is 0 Å². The highest BCUT2D eigenvalue weighted by Gasteiger charge is 2.08. The van der Waals surface area contributed by atoms with Gasteiger partial charge in [0.15, 0.2) is 0 Å². The summed E-state index contributed by atoms with van der Waals surface area (Å²) in [5.41, 5.74) is 3.51. The predicted octanol–water partition coefficient (Wildman–Crippen LogP) is 2.51. The van der Waals surface area contributed by atoms with Gasteiger partial charge in [-0.05, 0) is 31.3 Å². The first-order valence-corrected chi connectivity index (χ1v) is 8.44. The molecule has 26 heavy (non-hydrogen) atoms. The van der Waals surface area contributed by atoms with E-state index in [-0.39, 0.29) is 5.56 Å². The lowest BCUT2D eigenvalue weighted by Crippen LogP contribution is -2.21. The minimum absolute atomic E-state index is 0.0594. The highest BCUT2D eigenvalue weighted by molar-refractivity contribution is 5.38. The van der Waals surface area contributed by atoms with Crippen molar-refractivity contribution < 1.29 is 0 Å². The second-order valence-electron chi connectivity index (χ2n) is 6.32. The van der Waals surface area contributed by atoms with Crippen molar-refractivity contribution in [1.29, 1.82) is 0 Å². The number of nitrogens with zero attached hydrogens (tertiary/aromatic N) is 5. The molecule has 6 nitrogen and oxygen atoms in total. The van der Waals surface area contributed by atoms with Crippen molar-refractivity contribution in [2.24, 2.45) is 0 Å². The van der Waals surface area contributed by atoms with Crippen molar-refractivity contribution in [2.75, 3.05) is 7.05 Å². The molecule has 3 aromatic heterocycles. The van der Waals surface area contributed by atoms with E-state index in [9.17, 15) is 4.79 Å². The van der Waals surface area contributed by atoms with E-state index >= 15 is 0 Å². The maximum absolute atomic E-state index is 12.2. The third-order valence-corrected chi connectivity index (χ3v) is 4.17. The van der Waals surface area contributed by atoms with E-state index < -0.39 is 0 Å². The van der Waals surface area contributed by atoms with Gasteiger partial charge in [-0.3, -0.25) is 14.1 Å². The van der Waals surface area contributed by atoms with Gasteiger partial charge in [-0.1, -0.05) is 24.3 Å². The number of benzene rings is 1. The Morgan fingerprint density at radius 1 is 1.04 bits per heavy atom. The molecule has 0 fully saturated rings. The second-order valence-corrected chi connectivity index (χ2v) is 6.32. The molecule has 0 unspecified atom stereocenters. The Morgan fingerprint density at radius 2 is 1.85 bits per heavy atom. The van der Waals surface area contributed by atoms with Crippen molar-refractivity contribution in [3.05, 3.63) is 94.8 Å². The second kappa shape index (κ2) is 6.93. The lowest BCUT2D eigenvalue weighted by molar-refractivity contribution is 0.315. The number of para-hydroxylation sites is 1. The molecule has 0 radical (unpaired) electrons. The van der Waals surface area contributed by atoms with Crippen LogP contribution in [0.25, 0.3) is 11.3 Å². The molecule has 1 aromatic carbocycles. The van der Waals surface area contributed by atoms with Crippen LogP contribution in [0.3, 0.4) is 0 Å². The van der Waals surface area contributed by atoms with Gasteiger partial charge in [0.2, 0.25) is 0 Å². The maximum atomic E-state index is 12.2. The Balaban J connectivity index is 1.48. The average Bonchev–Trinajstić information content (AvgIpc) is 3.11. The van der Waals surface area contributed by atoms with Crippen LogP contribution in [0.5, 0.6) is 0 Å². The first-order chi connectivity index (χ1) is 12.7. The van der Waals surface area contributed by atoms with E-state index in [0.29, 0.717) is 12.2 Å². The molecular formula is C20H19N5O. The summed E-state index contributed by atoms with van der Waals surface area (Å²) in [5.74, 6) is 0. The first kappa shape index (κ1) is 16.2. The lowest BCUT2D eigenvalue weighted by atomic mass is 10.3. The van der Waals surface area contributed by atoms with Crippen molar-refractivity contribution in [2.45, 2.75) is 13.1 Å². The topological polar surface area (TPSA) is 55.4 Å². The van der Waals surface area contributed by atoms with Crippen molar-refractivity contribution >= 4 is 5.65 Å². The van der Waals surface area contributed by atoms with Crippen LogP contribution in [0.4, 0.5) is 0 Å². The third-order valence-electron chi connectivity index (χ3n) is 4.17. The molecule has 0 atom stereocenters. The molecular weight excluding hydrogens is 326 g/mol. The zero-order chi connectivity index (χ0) is 17.9. The highest BCUT2D eigenvalue weighted by atomic mass is 16.1. The van der Waals surface area contributed by atoms with Crippen molar-refractivity contribution in [3.63, 3.8) is 0 Å². The Bertz CT molecular complexity index is 1080. The highest BCUT2D eigenvalue weighted by Crippen LogP contribution is 2.10. The zero-order valence-electron chi connectivity index (χ0n) is 14.5. The molecule has 4 rings (SSSR count). The van der Waals surface area contributed by atoms with Gasteiger partial charge in [0.05, 0.1) is 17.6 Å². The minimum atomic E-state index is -0.0594. The molecule has 0 aliphatic carbocycles. The molecule has 0 bridgehead atoms. The molecule has 0 spiro atoms. The molecule has 0 saturated carbocycles. The summed E-state index contributed by atoms with van der Waals surface area (Å²) < 4.78 is 3.41. The number of aromatic nitrogens is 4. The Kier molecular flexibility index (Phi) is 4.33. The molecule has 6 heteroatoms. The SMILES string of the molecule is CN(Cc1cnn(-c2ccccc2)c1)Cc1cc(=O)n2ccccc2n1. The number of hydrogen-bond acceptors (Lipinski definition) is 4. The fourth-order valence-corrected chi connectivity index (χ4v) is 2.99. The largest absolute Gasteiger partial charge is 0.296 e. The number of hydrogen-bond donors (Lipinski definition) is 0. The Labute approximate surface area is 151 Å². The summed E-state index contributed by atoms with van der Waals surface area (Å²) in [6.45, 7) is 1.32. The molecule has 0 aliphatic rings. The van der Waals surface area contributed by atoms with E-state index in [1.165, 1.54) is 0 Å². The molecule has 3 heterocycles. The van der Waals surface area contributed by atoms with Crippen LogP contribution in [-0.4, -0.2) is 31.1 Å². The van der Waals surface area contributed by atoms with Gasteiger partial charge < -0.3 is 0 Å². The van der Waals surface area contributed by atoms with Crippen LogP contribution in [0.2, 0.25) is 0 Å². The van der Waals surface area contributed by atoms with Crippen molar-refractivity contribution in [3.8, 4) is 5.69 Å². The van der Waals surface area contributed by atoms with Crippen LogP contribution in [0, 0.1) is 0 Å². The molecule has 0 aliphatic heterocycles. The zero-order valence-corrected chi connectivity index (χ0v) is 14.5. The fraction of sp³-hybridized carbons (Fsp3) is 0.150. The summed E-state index contributed by atoms with van der Waals surface area (Å²) >= 11 is 0. The van der Waals surface area contributed by atoms with E-state index in [4.69, 9.17) is 0 Å². The van der Waals surface area contributed by atoms with Crippen LogP contribution < -0.4 is 5.56 Å². The quantitative estimate of drug-likeness (QED) is 0.558. The number of pyridine rings is 1. The maximum Gasteiger partial charge on any atom is 0.258 e. The van der Waals surface area contributed by atoms with E-state index in [2.05, 4.69) is 15.0 Å².